The normalized spacial score (nSPS) is 27.2. The maximum Gasteiger partial charge on any atom is 0.227 e. The van der Waals surface area contributed by atoms with Crippen LogP contribution < -0.4 is 0 Å². The molecule has 3 rings (SSSR count). The highest BCUT2D eigenvalue weighted by Crippen LogP contribution is 2.23. The predicted octanol–water partition coefficient (Wildman–Crippen LogP) is 2.83. The summed E-state index contributed by atoms with van der Waals surface area (Å²) < 4.78 is 11.7. The molecule has 166 valence electrons. The van der Waals surface area contributed by atoms with Gasteiger partial charge in [-0.1, -0.05) is 38.1 Å². The number of ether oxygens (including phenoxy) is 2. The zero-order valence-electron chi connectivity index (χ0n) is 18.9. The Bertz CT molecular complexity index is 687. The molecule has 2 unspecified atom stereocenters. The van der Waals surface area contributed by atoms with Crippen LogP contribution in [0.4, 0.5) is 0 Å². The molecule has 0 aliphatic carbocycles. The Morgan fingerprint density at radius 3 is 1.50 bits per heavy atom. The maximum atomic E-state index is 12.7. The molecular formula is C24H36N2O4. The smallest absolute Gasteiger partial charge is 0.227 e. The molecule has 2 atom stereocenters. The van der Waals surface area contributed by atoms with Crippen LogP contribution in [-0.2, 0) is 31.9 Å². The number of nitrogens with zero attached hydrogens (tertiary/aromatic N) is 2. The molecule has 0 bridgehead atoms. The largest absolute Gasteiger partial charge is 0.372 e. The molecule has 2 heterocycles. The highest BCUT2D eigenvalue weighted by atomic mass is 16.5. The first kappa shape index (κ1) is 22.8. The summed E-state index contributed by atoms with van der Waals surface area (Å²) in [6.45, 7) is 12.1. The summed E-state index contributed by atoms with van der Waals surface area (Å²) in [6, 6.07) is 7.87. The second kappa shape index (κ2) is 9.48. The van der Waals surface area contributed by atoms with Crippen molar-refractivity contribution in [2.45, 2.75) is 64.6 Å². The lowest BCUT2D eigenvalue weighted by Crippen LogP contribution is -2.52. The van der Waals surface area contributed by atoms with Crippen molar-refractivity contribution in [3.05, 3.63) is 35.4 Å². The van der Waals surface area contributed by atoms with Crippen LogP contribution in [0.2, 0.25) is 0 Å². The van der Waals surface area contributed by atoms with Gasteiger partial charge in [-0.25, -0.2) is 0 Å². The molecule has 0 radical (unpaired) electrons. The lowest BCUT2D eigenvalue weighted by atomic mass is 9.99. The number of carbonyl (C=O) groups is 2. The molecule has 30 heavy (non-hydrogen) atoms. The summed E-state index contributed by atoms with van der Waals surface area (Å²) in [5.41, 5.74) is 1.47. The monoisotopic (exact) mass is 416 g/mol. The van der Waals surface area contributed by atoms with Crippen LogP contribution in [0.1, 0.15) is 51.7 Å². The molecule has 2 aliphatic rings. The Morgan fingerprint density at radius 2 is 1.17 bits per heavy atom. The summed E-state index contributed by atoms with van der Waals surface area (Å²) in [6.07, 6.45) is 2.54. The summed E-state index contributed by atoms with van der Waals surface area (Å²) in [5, 5.41) is 0. The fourth-order valence-corrected chi connectivity index (χ4v) is 4.06. The van der Waals surface area contributed by atoms with E-state index < -0.39 is 0 Å². The minimum Gasteiger partial charge on any atom is -0.372 e. The van der Waals surface area contributed by atoms with E-state index in [9.17, 15) is 9.59 Å². The van der Waals surface area contributed by atoms with E-state index in [-0.39, 0.29) is 23.0 Å². The van der Waals surface area contributed by atoms with Crippen molar-refractivity contribution in [2.75, 3.05) is 39.4 Å². The van der Waals surface area contributed by atoms with Gasteiger partial charge in [0.15, 0.2) is 0 Å². The number of hydrogen-bond donors (Lipinski definition) is 0. The highest BCUT2D eigenvalue weighted by Gasteiger charge is 2.33. The minimum absolute atomic E-state index is 0.133. The van der Waals surface area contributed by atoms with E-state index in [0.717, 1.165) is 24.0 Å². The average Bonchev–Trinajstić information content (AvgIpc) is 2.75. The maximum absolute atomic E-state index is 12.7. The second-order valence-corrected chi connectivity index (χ2v) is 9.10. The fourth-order valence-electron chi connectivity index (χ4n) is 4.06. The van der Waals surface area contributed by atoms with E-state index in [1.165, 1.54) is 0 Å². The van der Waals surface area contributed by atoms with Crippen LogP contribution in [0.5, 0.6) is 0 Å². The quantitative estimate of drug-likeness (QED) is 0.716. The van der Waals surface area contributed by atoms with Gasteiger partial charge in [0.2, 0.25) is 11.8 Å². The number of morpholine rings is 2. The molecular weight excluding hydrogens is 380 g/mol. The van der Waals surface area contributed by atoms with Crippen molar-refractivity contribution >= 4 is 11.8 Å². The Hall–Kier alpha value is -1.92. The lowest BCUT2D eigenvalue weighted by Gasteiger charge is -2.40. The number of carbonyl (C=O) groups excluding carboxylic acids is 2. The first-order valence-corrected chi connectivity index (χ1v) is 11.2. The van der Waals surface area contributed by atoms with Crippen LogP contribution in [0.25, 0.3) is 0 Å². The molecule has 6 nitrogen and oxygen atoms in total. The van der Waals surface area contributed by atoms with Crippen LogP contribution in [-0.4, -0.2) is 72.2 Å². The van der Waals surface area contributed by atoms with E-state index >= 15 is 0 Å². The predicted molar refractivity (Wildman–Crippen MR) is 116 cm³/mol. The van der Waals surface area contributed by atoms with Gasteiger partial charge in [-0.2, -0.15) is 0 Å². The Balaban J connectivity index is 1.53. The molecule has 2 fully saturated rings. The summed E-state index contributed by atoms with van der Waals surface area (Å²) in [7, 11) is 0. The van der Waals surface area contributed by atoms with E-state index in [4.69, 9.17) is 9.47 Å². The van der Waals surface area contributed by atoms with Crippen LogP contribution in [0.3, 0.4) is 0 Å². The third-order valence-corrected chi connectivity index (χ3v) is 6.61. The van der Waals surface area contributed by atoms with Gasteiger partial charge in [-0.15, -0.1) is 0 Å². The van der Waals surface area contributed by atoms with Gasteiger partial charge in [0, 0.05) is 26.2 Å². The number of benzene rings is 1. The van der Waals surface area contributed by atoms with Gasteiger partial charge in [-0.3, -0.25) is 9.59 Å². The van der Waals surface area contributed by atoms with Crippen LogP contribution >= 0.6 is 0 Å². The third-order valence-electron chi connectivity index (χ3n) is 6.61. The van der Waals surface area contributed by atoms with Crippen molar-refractivity contribution in [3.8, 4) is 0 Å². The summed E-state index contributed by atoms with van der Waals surface area (Å²) >= 11 is 0. The summed E-state index contributed by atoms with van der Waals surface area (Å²) in [5.74, 6) is 0.267. The number of amides is 2. The van der Waals surface area contributed by atoms with E-state index in [0.29, 0.717) is 52.2 Å². The first-order chi connectivity index (χ1) is 14.3. The minimum atomic E-state index is -0.245. The fraction of sp³-hybridized carbons (Fsp3) is 0.667. The van der Waals surface area contributed by atoms with Gasteiger partial charge >= 0.3 is 0 Å². The Morgan fingerprint density at radius 1 is 0.800 bits per heavy atom. The lowest BCUT2D eigenvalue weighted by molar-refractivity contribution is -0.148. The number of rotatable bonds is 6. The molecule has 0 saturated carbocycles. The van der Waals surface area contributed by atoms with E-state index in [1.807, 2.05) is 34.1 Å². The third kappa shape index (κ3) is 5.61. The van der Waals surface area contributed by atoms with E-state index in [1.54, 1.807) is 0 Å². The van der Waals surface area contributed by atoms with Gasteiger partial charge in [-0.05, 0) is 37.8 Å². The molecule has 1 aromatic rings. The standard InChI is InChI=1S/C24H36N2O4/c1-5-23(3)17-25(11-13-29-23)21(27)15-19-7-9-20(10-8-19)16-22(28)26-12-14-30-24(4,6-2)18-26/h7-10H,5-6,11-18H2,1-4H3. The zero-order chi connectivity index (χ0) is 21.8. The van der Waals surface area contributed by atoms with Crippen molar-refractivity contribution in [1.29, 1.82) is 0 Å². The topological polar surface area (TPSA) is 59.1 Å². The molecule has 2 amide bonds. The van der Waals surface area contributed by atoms with Gasteiger partial charge in [0.1, 0.15) is 0 Å². The molecule has 1 aromatic carbocycles. The molecule has 0 N–H and O–H groups in total. The molecule has 2 saturated heterocycles. The molecule has 0 aromatic heterocycles. The van der Waals surface area contributed by atoms with Gasteiger partial charge in [0.05, 0.1) is 37.3 Å². The van der Waals surface area contributed by atoms with Crippen molar-refractivity contribution < 1.29 is 19.1 Å². The van der Waals surface area contributed by atoms with Gasteiger partial charge < -0.3 is 19.3 Å². The Kier molecular flexibility index (Phi) is 7.19. The molecule has 0 spiro atoms. The average molecular weight is 417 g/mol. The Labute approximate surface area is 180 Å². The first-order valence-electron chi connectivity index (χ1n) is 11.2. The van der Waals surface area contributed by atoms with Crippen molar-refractivity contribution in [3.63, 3.8) is 0 Å². The number of hydrogen-bond acceptors (Lipinski definition) is 4. The van der Waals surface area contributed by atoms with Crippen molar-refractivity contribution in [1.82, 2.24) is 9.80 Å². The van der Waals surface area contributed by atoms with Gasteiger partial charge in [0.25, 0.3) is 0 Å². The zero-order valence-corrected chi connectivity index (χ0v) is 18.9. The second-order valence-electron chi connectivity index (χ2n) is 9.10. The molecule has 6 heteroatoms. The van der Waals surface area contributed by atoms with Crippen LogP contribution in [0, 0.1) is 0 Å². The SMILES string of the molecule is CCC1(C)CN(C(=O)Cc2ccc(CC(=O)N3CCOC(C)(CC)C3)cc2)CCO1. The summed E-state index contributed by atoms with van der Waals surface area (Å²) in [4.78, 5) is 29.3. The molecule has 2 aliphatic heterocycles. The highest BCUT2D eigenvalue weighted by molar-refractivity contribution is 5.80. The van der Waals surface area contributed by atoms with E-state index in [2.05, 4.69) is 27.7 Å². The van der Waals surface area contributed by atoms with Crippen molar-refractivity contribution in [2.24, 2.45) is 0 Å². The van der Waals surface area contributed by atoms with Crippen LogP contribution in [0.15, 0.2) is 24.3 Å².